The van der Waals surface area contributed by atoms with Crippen molar-refractivity contribution in [1.29, 1.82) is 0 Å². The van der Waals surface area contributed by atoms with Crippen LogP contribution in [-0.2, 0) is 16.3 Å². The first-order chi connectivity index (χ1) is 9.57. The summed E-state index contributed by atoms with van der Waals surface area (Å²) < 4.78 is 23.4. The Morgan fingerprint density at radius 2 is 2.15 bits per heavy atom. The second-order valence-electron chi connectivity index (χ2n) is 4.91. The molecule has 1 aliphatic heterocycles. The van der Waals surface area contributed by atoms with Gasteiger partial charge in [-0.15, -0.1) is 0 Å². The van der Waals surface area contributed by atoms with Crippen LogP contribution in [0.1, 0.15) is 25.3 Å². The molecule has 1 saturated heterocycles. The molecular formula is C12H21N5O2S. The highest BCUT2D eigenvalue weighted by molar-refractivity contribution is 7.91. The van der Waals surface area contributed by atoms with Gasteiger partial charge in [-0.25, -0.2) is 24.2 Å². The van der Waals surface area contributed by atoms with Gasteiger partial charge in [0.15, 0.2) is 9.84 Å². The van der Waals surface area contributed by atoms with Gasteiger partial charge in [0.2, 0.25) is 0 Å². The molecule has 1 aromatic rings. The lowest BCUT2D eigenvalue weighted by molar-refractivity contribution is 0.597. The fourth-order valence-electron chi connectivity index (χ4n) is 2.43. The van der Waals surface area contributed by atoms with Crippen molar-refractivity contribution in [2.45, 2.75) is 26.2 Å². The van der Waals surface area contributed by atoms with Gasteiger partial charge in [-0.1, -0.05) is 13.3 Å². The predicted molar refractivity (Wildman–Crippen MR) is 79.3 cm³/mol. The van der Waals surface area contributed by atoms with Crippen LogP contribution >= 0.6 is 0 Å². The van der Waals surface area contributed by atoms with E-state index >= 15 is 0 Å². The Balaban J connectivity index is 2.31. The number of anilines is 2. The molecule has 1 aromatic heterocycles. The van der Waals surface area contributed by atoms with Crippen molar-refractivity contribution in [2.75, 3.05) is 34.9 Å². The van der Waals surface area contributed by atoms with Gasteiger partial charge < -0.3 is 10.3 Å². The molecule has 0 unspecified atom stereocenters. The van der Waals surface area contributed by atoms with Crippen molar-refractivity contribution in [3.63, 3.8) is 0 Å². The van der Waals surface area contributed by atoms with Crippen molar-refractivity contribution >= 4 is 21.5 Å². The van der Waals surface area contributed by atoms with Gasteiger partial charge in [-0.2, -0.15) is 0 Å². The number of aromatic nitrogens is 2. The number of rotatable bonds is 4. The van der Waals surface area contributed by atoms with E-state index in [1.165, 1.54) is 6.33 Å². The zero-order chi connectivity index (χ0) is 14.6. The first-order valence-electron chi connectivity index (χ1n) is 6.83. The quantitative estimate of drug-likeness (QED) is 0.610. The zero-order valence-corrected chi connectivity index (χ0v) is 12.5. The highest BCUT2D eigenvalue weighted by atomic mass is 32.2. The molecular weight excluding hydrogens is 278 g/mol. The molecule has 1 aliphatic rings. The Morgan fingerprint density at radius 1 is 1.35 bits per heavy atom. The van der Waals surface area contributed by atoms with E-state index in [9.17, 15) is 8.42 Å². The van der Waals surface area contributed by atoms with Gasteiger partial charge in [0, 0.05) is 18.7 Å². The second kappa shape index (κ2) is 6.36. The molecule has 2 rings (SSSR count). The van der Waals surface area contributed by atoms with Crippen LogP contribution in [0.4, 0.5) is 11.6 Å². The minimum absolute atomic E-state index is 0.175. The maximum Gasteiger partial charge on any atom is 0.152 e. The Hall–Kier alpha value is -1.41. The molecule has 0 saturated carbocycles. The highest BCUT2D eigenvalue weighted by Crippen LogP contribution is 2.25. The van der Waals surface area contributed by atoms with Crippen molar-refractivity contribution in [3.05, 3.63) is 11.9 Å². The maximum atomic E-state index is 11.7. The molecule has 0 radical (unpaired) electrons. The topological polar surface area (TPSA) is 101 Å². The molecule has 0 atom stereocenters. The third-order valence-electron chi connectivity index (χ3n) is 3.41. The van der Waals surface area contributed by atoms with Crippen molar-refractivity contribution in [1.82, 2.24) is 9.97 Å². The minimum Gasteiger partial charge on any atom is -0.355 e. The first-order valence-corrected chi connectivity index (χ1v) is 8.65. The molecule has 0 spiro atoms. The van der Waals surface area contributed by atoms with Gasteiger partial charge in [-0.3, -0.25) is 0 Å². The van der Waals surface area contributed by atoms with E-state index in [-0.39, 0.29) is 11.5 Å². The second-order valence-corrected chi connectivity index (χ2v) is 7.21. The Labute approximate surface area is 119 Å². The summed E-state index contributed by atoms with van der Waals surface area (Å²) in [7, 11) is -2.93. The Kier molecular flexibility index (Phi) is 4.77. The van der Waals surface area contributed by atoms with Crippen LogP contribution < -0.4 is 16.2 Å². The predicted octanol–water partition coefficient (Wildman–Crippen LogP) is 0.340. The smallest absolute Gasteiger partial charge is 0.152 e. The number of hydrogen-bond donors (Lipinski definition) is 2. The largest absolute Gasteiger partial charge is 0.355 e. The SMILES string of the molecule is CCCc1c(NN)ncnc1N1CCCS(=O)(=O)CC1. The molecule has 20 heavy (non-hydrogen) atoms. The van der Waals surface area contributed by atoms with Crippen LogP contribution in [0.5, 0.6) is 0 Å². The molecule has 8 heteroatoms. The van der Waals surface area contributed by atoms with Gasteiger partial charge in [0.05, 0.1) is 11.5 Å². The lowest BCUT2D eigenvalue weighted by atomic mass is 10.1. The molecule has 3 N–H and O–H groups in total. The number of nitrogens with two attached hydrogens (primary N) is 1. The summed E-state index contributed by atoms with van der Waals surface area (Å²) in [6, 6.07) is 0. The number of nitrogens with one attached hydrogen (secondary N) is 1. The van der Waals surface area contributed by atoms with Crippen LogP contribution in [-0.4, -0.2) is 43.0 Å². The monoisotopic (exact) mass is 299 g/mol. The van der Waals surface area contributed by atoms with Gasteiger partial charge in [0.25, 0.3) is 0 Å². The Morgan fingerprint density at radius 3 is 2.85 bits per heavy atom. The minimum atomic E-state index is -2.93. The van der Waals surface area contributed by atoms with Gasteiger partial charge >= 0.3 is 0 Å². The third kappa shape index (κ3) is 3.37. The van der Waals surface area contributed by atoms with E-state index in [1.807, 2.05) is 4.90 Å². The van der Waals surface area contributed by atoms with Crippen molar-refractivity contribution in [2.24, 2.45) is 5.84 Å². The number of sulfone groups is 1. The fourth-order valence-corrected chi connectivity index (χ4v) is 3.70. The van der Waals surface area contributed by atoms with Crippen molar-refractivity contribution in [3.8, 4) is 0 Å². The van der Waals surface area contributed by atoms with Crippen LogP contribution in [0.15, 0.2) is 6.33 Å². The summed E-state index contributed by atoms with van der Waals surface area (Å²) >= 11 is 0. The standard InChI is InChI=1S/C12H21N5O2S/c1-2-4-10-11(16-13)14-9-15-12(10)17-5-3-7-20(18,19)8-6-17/h9H,2-8,13H2,1H3,(H,14,15,16). The van der Waals surface area contributed by atoms with E-state index in [0.29, 0.717) is 25.3 Å². The van der Waals surface area contributed by atoms with E-state index in [1.54, 1.807) is 0 Å². The van der Waals surface area contributed by atoms with E-state index in [0.717, 1.165) is 24.2 Å². The number of hydrogen-bond acceptors (Lipinski definition) is 7. The number of hydrazine groups is 1. The average Bonchev–Trinajstić information content (AvgIpc) is 2.60. The maximum absolute atomic E-state index is 11.7. The summed E-state index contributed by atoms with van der Waals surface area (Å²) in [5, 5.41) is 0. The average molecular weight is 299 g/mol. The zero-order valence-electron chi connectivity index (χ0n) is 11.7. The molecule has 112 valence electrons. The molecule has 7 nitrogen and oxygen atoms in total. The summed E-state index contributed by atoms with van der Waals surface area (Å²) in [5.41, 5.74) is 3.55. The van der Waals surface area contributed by atoms with Crippen molar-refractivity contribution < 1.29 is 8.42 Å². The van der Waals surface area contributed by atoms with Crippen LogP contribution in [0, 0.1) is 0 Å². The van der Waals surface area contributed by atoms with Crippen LogP contribution in [0.3, 0.4) is 0 Å². The lowest BCUT2D eigenvalue weighted by Crippen LogP contribution is -2.29. The van der Waals surface area contributed by atoms with Crippen LogP contribution in [0.25, 0.3) is 0 Å². The van der Waals surface area contributed by atoms with E-state index in [2.05, 4.69) is 22.3 Å². The summed E-state index contributed by atoms with van der Waals surface area (Å²) in [6.07, 6.45) is 3.84. The molecule has 2 heterocycles. The Bertz CT molecular complexity index is 561. The summed E-state index contributed by atoms with van der Waals surface area (Å²) in [4.78, 5) is 10.5. The normalized spacial score (nSPS) is 18.6. The fraction of sp³-hybridized carbons (Fsp3) is 0.667. The molecule has 0 aromatic carbocycles. The van der Waals surface area contributed by atoms with Crippen LogP contribution in [0.2, 0.25) is 0 Å². The number of nitrogens with zero attached hydrogens (tertiary/aromatic N) is 3. The van der Waals surface area contributed by atoms with Gasteiger partial charge in [-0.05, 0) is 12.8 Å². The third-order valence-corrected chi connectivity index (χ3v) is 5.13. The van der Waals surface area contributed by atoms with E-state index < -0.39 is 9.84 Å². The van der Waals surface area contributed by atoms with E-state index in [4.69, 9.17) is 5.84 Å². The molecule has 0 aliphatic carbocycles. The molecule has 0 amide bonds. The van der Waals surface area contributed by atoms with Gasteiger partial charge in [0.1, 0.15) is 18.0 Å². The summed E-state index contributed by atoms with van der Waals surface area (Å²) in [6.45, 7) is 3.24. The number of nitrogen functional groups attached to an aromatic ring is 1. The molecule has 1 fully saturated rings. The lowest BCUT2D eigenvalue weighted by Gasteiger charge is -2.24. The highest BCUT2D eigenvalue weighted by Gasteiger charge is 2.22. The first kappa shape index (κ1) is 15.0. The molecule has 0 bridgehead atoms. The summed E-state index contributed by atoms with van der Waals surface area (Å²) in [5.74, 6) is 7.34.